The van der Waals surface area contributed by atoms with E-state index in [4.69, 9.17) is 14.2 Å². The second-order valence-corrected chi connectivity index (χ2v) is 9.76. The van der Waals surface area contributed by atoms with Gasteiger partial charge in [0.15, 0.2) is 0 Å². The summed E-state index contributed by atoms with van der Waals surface area (Å²) in [4.78, 5) is 11.3. The number of aliphatic hydroxyl groups excluding tert-OH is 1. The van der Waals surface area contributed by atoms with Crippen molar-refractivity contribution in [3.8, 4) is 17.6 Å². The van der Waals surface area contributed by atoms with E-state index in [0.717, 1.165) is 37.1 Å². The van der Waals surface area contributed by atoms with E-state index in [0.29, 0.717) is 42.0 Å². The van der Waals surface area contributed by atoms with Crippen LogP contribution in [0.25, 0.3) is 5.65 Å². The summed E-state index contributed by atoms with van der Waals surface area (Å²) < 4.78 is 19.5. The quantitative estimate of drug-likeness (QED) is 0.609. The Morgan fingerprint density at radius 3 is 2.91 bits per heavy atom. The summed E-state index contributed by atoms with van der Waals surface area (Å²) in [7, 11) is 2.10. The molecule has 0 saturated carbocycles. The van der Waals surface area contributed by atoms with E-state index in [-0.39, 0.29) is 6.01 Å². The molecule has 176 valence electrons. The number of benzene rings is 1. The van der Waals surface area contributed by atoms with Crippen LogP contribution in [0.15, 0.2) is 24.4 Å². The lowest BCUT2D eigenvalue weighted by Gasteiger charge is -2.22. The molecule has 33 heavy (non-hydrogen) atoms. The summed E-state index contributed by atoms with van der Waals surface area (Å²) in [6, 6.07) is 6.35. The Balaban J connectivity index is 1.53. The van der Waals surface area contributed by atoms with Crippen molar-refractivity contribution in [1.82, 2.24) is 24.5 Å². The molecule has 0 bridgehead atoms. The van der Waals surface area contributed by atoms with Crippen molar-refractivity contribution in [2.45, 2.75) is 57.8 Å². The second-order valence-electron chi connectivity index (χ2n) is 9.76. The van der Waals surface area contributed by atoms with Crippen molar-refractivity contribution in [1.29, 1.82) is 0 Å². The molecule has 1 aromatic carbocycles. The first-order chi connectivity index (χ1) is 15.8. The number of fused-ring (bicyclic) bond motifs is 2. The highest BCUT2D eigenvalue weighted by atomic mass is 16.5. The SMILES string of the molecule is CN1CCC[C@H]1COc1nc(OC(C)(C)C)c2ncc(C(O)c3cccc4c3OCC4)n2n1. The van der Waals surface area contributed by atoms with E-state index in [1.54, 1.807) is 10.7 Å². The Morgan fingerprint density at radius 2 is 2.15 bits per heavy atom. The van der Waals surface area contributed by atoms with Gasteiger partial charge in [0, 0.05) is 18.0 Å². The molecule has 0 radical (unpaired) electrons. The normalized spacial score (nSPS) is 19.5. The molecule has 0 spiro atoms. The second kappa shape index (κ2) is 8.46. The Kier molecular flexibility index (Phi) is 5.62. The van der Waals surface area contributed by atoms with Crippen LogP contribution in [-0.2, 0) is 6.42 Å². The average molecular weight is 454 g/mol. The van der Waals surface area contributed by atoms with Gasteiger partial charge < -0.3 is 24.2 Å². The molecule has 0 amide bonds. The minimum Gasteiger partial charge on any atom is -0.493 e. The minimum absolute atomic E-state index is 0.197. The Bertz CT molecular complexity index is 1160. The van der Waals surface area contributed by atoms with Gasteiger partial charge in [-0.2, -0.15) is 4.98 Å². The van der Waals surface area contributed by atoms with Gasteiger partial charge in [0.2, 0.25) is 5.65 Å². The lowest BCUT2D eigenvalue weighted by molar-refractivity contribution is 0.121. The van der Waals surface area contributed by atoms with Gasteiger partial charge in [-0.05, 0) is 52.8 Å². The molecule has 2 atom stereocenters. The highest BCUT2D eigenvalue weighted by Gasteiger charge is 2.28. The van der Waals surface area contributed by atoms with Crippen molar-refractivity contribution < 1.29 is 19.3 Å². The van der Waals surface area contributed by atoms with E-state index < -0.39 is 11.7 Å². The third kappa shape index (κ3) is 4.35. The molecule has 2 aliphatic heterocycles. The third-order valence-corrected chi connectivity index (χ3v) is 6.14. The van der Waals surface area contributed by atoms with Crippen molar-refractivity contribution in [3.63, 3.8) is 0 Å². The average Bonchev–Trinajstić information content (AvgIpc) is 3.49. The number of likely N-dealkylation sites (N-methyl/N-ethyl adjacent to an activating group) is 1. The largest absolute Gasteiger partial charge is 0.493 e. The predicted molar refractivity (Wildman–Crippen MR) is 122 cm³/mol. The van der Waals surface area contributed by atoms with Gasteiger partial charge in [-0.25, -0.2) is 9.50 Å². The van der Waals surface area contributed by atoms with E-state index in [1.165, 1.54) is 0 Å². The van der Waals surface area contributed by atoms with E-state index in [9.17, 15) is 5.11 Å². The predicted octanol–water partition coefficient (Wildman–Crippen LogP) is 2.79. The van der Waals surface area contributed by atoms with E-state index in [2.05, 4.69) is 27.0 Å². The number of imidazole rings is 1. The van der Waals surface area contributed by atoms with Crippen molar-refractivity contribution in [2.75, 3.05) is 26.8 Å². The summed E-state index contributed by atoms with van der Waals surface area (Å²) in [5, 5.41) is 15.9. The number of aliphatic hydroxyl groups is 1. The minimum atomic E-state index is -0.973. The molecule has 1 N–H and O–H groups in total. The van der Waals surface area contributed by atoms with Crippen molar-refractivity contribution in [3.05, 3.63) is 41.2 Å². The summed E-state index contributed by atoms with van der Waals surface area (Å²) in [6.45, 7) is 8.01. The zero-order valence-corrected chi connectivity index (χ0v) is 19.6. The molecule has 3 aromatic rings. The van der Waals surface area contributed by atoms with Crippen LogP contribution in [0.2, 0.25) is 0 Å². The fourth-order valence-corrected chi connectivity index (χ4v) is 4.44. The van der Waals surface area contributed by atoms with Gasteiger partial charge in [-0.15, -0.1) is 5.10 Å². The third-order valence-electron chi connectivity index (χ3n) is 6.14. The number of nitrogens with zero attached hydrogens (tertiary/aromatic N) is 5. The zero-order chi connectivity index (χ0) is 23.2. The number of likely N-dealkylation sites (tertiary alicyclic amines) is 1. The Hall–Kier alpha value is -2.91. The van der Waals surface area contributed by atoms with Gasteiger partial charge in [0.1, 0.15) is 24.1 Å². The molecule has 2 aromatic heterocycles. The Morgan fingerprint density at radius 1 is 1.30 bits per heavy atom. The molecule has 0 aliphatic carbocycles. The lowest BCUT2D eigenvalue weighted by atomic mass is 10.0. The van der Waals surface area contributed by atoms with Gasteiger partial charge in [0.05, 0.1) is 18.5 Å². The van der Waals surface area contributed by atoms with Crippen LogP contribution in [0.4, 0.5) is 0 Å². The molecular formula is C24H31N5O4. The number of hydrogen-bond acceptors (Lipinski definition) is 8. The van der Waals surface area contributed by atoms with E-state index in [1.807, 2.05) is 39.0 Å². The molecule has 1 fully saturated rings. The first-order valence-corrected chi connectivity index (χ1v) is 11.5. The number of para-hydroxylation sites is 1. The maximum atomic E-state index is 11.3. The summed E-state index contributed by atoms with van der Waals surface area (Å²) in [6.07, 6.45) is 3.71. The smallest absolute Gasteiger partial charge is 0.337 e. The molecule has 9 heteroatoms. The topological polar surface area (TPSA) is 94.2 Å². The summed E-state index contributed by atoms with van der Waals surface area (Å²) in [5.74, 6) is 1.06. The highest BCUT2D eigenvalue weighted by molar-refractivity contribution is 5.53. The Labute approximate surface area is 193 Å². The molecule has 2 aliphatic rings. The molecular weight excluding hydrogens is 422 g/mol. The maximum absolute atomic E-state index is 11.3. The van der Waals surface area contributed by atoms with Crippen molar-refractivity contribution in [2.24, 2.45) is 0 Å². The van der Waals surface area contributed by atoms with Crippen LogP contribution in [-0.4, -0.2) is 68.0 Å². The fraction of sp³-hybridized carbons (Fsp3) is 0.542. The van der Waals surface area contributed by atoms with Crippen LogP contribution < -0.4 is 14.2 Å². The fourth-order valence-electron chi connectivity index (χ4n) is 4.44. The summed E-state index contributed by atoms with van der Waals surface area (Å²) in [5.41, 5.74) is 2.22. The standard InChI is InChI=1S/C24H31N5O4/c1-24(2,3)33-22-21-25-13-18(19(30)17-9-5-7-15-10-12-31-20(15)17)29(21)27-23(26-22)32-14-16-8-6-11-28(16)4/h5,7,9,13,16,19,30H,6,8,10-12,14H2,1-4H3/t16-,19?/m0/s1. The highest BCUT2D eigenvalue weighted by Crippen LogP contribution is 2.37. The molecule has 4 heterocycles. The lowest BCUT2D eigenvalue weighted by Crippen LogP contribution is -2.31. The molecule has 1 unspecified atom stereocenters. The van der Waals surface area contributed by atoms with Crippen LogP contribution in [0.1, 0.15) is 56.5 Å². The number of aromatic nitrogens is 4. The van der Waals surface area contributed by atoms with Gasteiger partial charge in [-0.1, -0.05) is 18.2 Å². The van der Waals surface area contributed by atoms with Crippen LogP contribution in [0, 0.1) is 0 Å². The zero-order valence-electron chi connectivity index (χ0n) is 19.6. The van der Waals surface area contributed by atoms with Gasteiger partial charge >= 0.3 is 6.01 Å². The van der Waals surface area contributed by atoms with Gasteiger partial charge in [0.25, 0.3) is 5.88 Å². The van der Waals surface area contributed by atoms with E-state index >= 15 is 0 Å². The first kappa shape index (κ1) is 21.9. The first-order valence-electron chi connectivity index (χ1n) is 11.5. The molecule has 5 rings (SSSR count). The number of rotatable bonds is 6. The monoisotopic (exact) mass is 453 g/mol. The van der Waals surface area contributed by atoms with Crippen LogP contribution >= 0.6 is 0 Å². The summed E-state index contributed by atoms with van der Waals surface area (Å²) >= 11 is 0. The molecule has 9 nitrogen and oxygen atoms in total. The van der Waals surface area contributed by atoms with Crippen LogP contribution in [0.5, 0.6) is 17.6 Å². The molecule has 1 saturated heterocycles. The van der Waals surface area contributed by atoms with Gasteiger partial charge in [-0.3, -0.25) is 0 Å². The van der Waals surface area contributed by atoms with Crippen molar-refractivity contribution >= 4 is 5.65 Å². The number of hydrogen-bond donors (Lipinski definition) is 1. The van der Waals surface area contributed by atoms with Crippen LogP contribution in [0.3, 0.4) is 0 Å². The number of ether oxygens (including phenoxy) is 3. The maximum Gasteiger partial charge on any atom is 0.337 e.